The first kappa shape index (κ1) is 16.1. The normalized spacial score (nSPS) is 12.4. The molecule has 0 spiro atoms. The van der Waals surface area contributed by atoms with E-state index in [9.17, 15) is 0 Å². The summed E-state index contributed by atoms with van der Waals surface area (Å²) in [7, 11) is 0. The zero-order valence-electron chi connectivity index (χ0n) is 13.4. The molecule has 112 valence electrons. The Bertz CT molecular complexity index is 572. The Morgan fingerprint density at radius 2 is 1.67 bits per heavy atom. The van der Waals surface area contributed by atoms with Gasteiger partial charge in [0.25, 0.3) is 0 Å². The van der Waals surface area contributed by atoms with Crippen molar-refractivity contribution in [3.05, 3.63) is 64.7 Å². The molecule has 0 saturated carbocycles. The van der Waals surface area contributed by atoms with E-state index >= 15 is 0 Å². The Kier molecular flexibility index (Phi) is 5.89. The molecule has 2 aromatic rings. The molecule has 0 fully saturated rings. The summed E-state index contributed by atoms with van der Waals surface area (Å²) in [6.07, 6.45) is 0. The average Bonchev–Trinajstić information content (AvgIpc) is 2.42. The van der Waals surface area contributed by atoms with Gasteiger partial charge in [-0.1, -0.05) is 53.9 Å². The van der Waals surface area contributed by atoms with Crippen LogP contribution in [-0.2, 0) is 0 Å². The largest absolute Gasteiger partial charge is 0.309 e. The van der Waals surface area contributed by atoms with Crippen molar-refractivity contribution >= 4 is 11.8 Å². The average molecular weight is 299 g/mol. The molecule has 2 rings (SSSR count). The van der Waals surface area contributed by atoms with E-state index in [1.807, 2.05) is 11.8 Å². The van der Waals surface area contributed by atoms with Crippen LogP contribution in [0, 0.1) is 20.8 Å². The van der Waals surface area contributed by atoms with E-state index in [1.54, 1.807) is 0 Å². The van der Waals surface area contributed by atoms with Crippen LogP contribution in [0.5, 0.6) is 0 Å². The molecule has 0 saturated heterocycles. The van der Waals surface area contributed by atoms with Crippen LogP contribution in [0.25, 0.3) is 0 Å². The molecule has 2 aromatic carbocycles. The summed E-state index contributed by atoms with van der Waals surface area (Å²) in [6.45, 7) is 9.66. The number of thioether (sulfide) groups is 1. The minimum Gasteiger partial charge on any atom is -0.309 e. The first-order valence-electron chi connectivity index (χ1n) is 7.59. The second kappa shape index (κ2) is 7.67. The molecule has 2 heteroatoms. The fraction of sp³-hybridized carbons (Fsp3) is 0.368. The van der Waals surface area contributed by atoms with Crippen molar-refractivity contribution in [1.29, 1.82) is 0 Å². The monoisotopic (exact) mass is 299 g/mol. The van der Waals surface area contributed by atoms with Crippen molar-refractivity contribution in [1.82, 2.24) is 5.32 Å². The van der Waals surface area contributed by atoms with Gasteiger partial charge in [-0.05, 0) is 45.0 Å². The molecule has 1 atom stereocenters. The van der Waals surface area contributed by atoms with Gasteiger partial charge < -0.3 is 5.32 Å². The highest BCUT2D eigenvalue weighted by Crippen LogP contribution is 2.26. The lowest BCUT2D eigenvalue weighted by atomic mass is 10.0. The fourth-order valence-electron chi connectivity index (χ4n) is 2.62. The van der Waals surface area contributed by atoms with Gasteiger partial charge in [-0.2, -0.15) is 0 Å². The molecule has 0 aromatic heterocycles. The van der Waals surface area contributed by atoms with E-state index < -0.39 is 0 Å². The molecule has 0 heterocycles. The van der Waals surface area contributed by atoms with Gasteiger partial charge in [-0.3, -0.25) is 0 Å². The Morgan fingerprint density at radius 3 is 2.29 bits per heavy atom. The van der Waals surface area contributed by atoms with Gasteiger partial charge in [0.15, 0.2) is 0 Å². The fourth-order valence-corrected chi connectivity index (χ4v) is 3.73. The SMILES string of the molecule is CCNC(CSc1cccc(C)c1)c1cc(C)cc(C)c1. The predicted molar refractivity (Wildman–Crippen MR) is 94.2 cm³/mol. The van der Waals surface area contributed by atoms with E-state index in [4.69, 9.17) is 0 Å². The van der Waals surface area contributed by atoms with Crippen molar-refractivity contribution in [2.45, 2.75) is 38.6 Å². The van der Waals surface area contributed by atoms with Crippen LogP contribution in [0.4, 0.5) is 0 Å². The molecular formula is C19H25NS. The van der Waals surface area contributed by atoms with Crippen LogP contribution in [0.3, 0.4) is 0 Å². The van der Waals surface area contributed by atoms with E-state index in [0.29, 0.717) is 6.04 Å². The Morgan fingerprint density at radius 1 is 0.952 bits per heavy atom. The maximum absolute atomic E-state index is 3.62. The van der Waals surface area contributed by atoms with Crippen LogP contribution in [0.2, 0.25) is 0 Å². The highest BCUT2D eigenvalue weighted by molar-refractivity contribution is 7.99. The number of hydrogen-bond donors (Lipinski definition) is 1. The topological polar surface area (TPSA) is 12.0 Å². The third-order valence-electron chi connectivity index (χ3n) is 3.50. The van der Waals surface area contributed by atoms with E-state index in [0.717, 1.165) is 12.3 Å². The van der Waals surface area contributed by atoms with Gasteiger partial charge in [0.1, 0.15) is 0 Å². The predicted octanol–water partition coefficient (Wildman–Crippen LogP) is 5.05. The first-order valence-corrected chi connectivity index (χ1v) is 8.58. The van der Waals surface area contributed by atoms with Crippen molar-refractivity contribution < 1.29 is 0 Å². The molecule has 0 amide bonds. The summed E-state index contributed by atoms with van der Waals surface area (Å²) >= 11 is 1.93. The highest BCUT2D eigenvalue weighted by Gasteiger charge is 2.11. The summed E-state index contributed by atoms with van der Waals surface area (Å²) in [4.78, 5) is 1.35. The second-order valence-corrected chi connectivity index (χ2v) is 6.75. The minimum absolute atomic E-state index is 0.402. The summed E-state index contributed by atoms with van der Waals surface area (Å²) < 4.78 is 0. The summed E-state index contributed by atoms with van der Waals surface area (Å²) in [5.74, 6) is 1.06. The molecule has 1 N–H and O–H groups in total. The van der Waals surface area contributed by atoms with Crippen LogP contribution < -0.4 is 5.32 Å². The highest BCUT2D eigenvalue weighted by atomic mass is 32.2. The minimum atomic E-state index is 0.402. The molecule has 0 aliphatic heterocycles. The van der Waals surface area contributed by atoms with Gasteiger partial charge in [0.2, 0.25) is 0 Å². The maximum Gasteiger partial charge on any atom is 0.0415 e. The molecule has 0 aliphatic rings. The van der Waals surface area contributed by atoms with Gasteiger partial charge in [0.05, 0.1) is 0 Å². The number of benzene rings is 2. The van der Waals surface area contributed by atoms with Crippen LogP contribution in [0.1, 0.15) is 35.2 Å². The third kappa shape index (κ3) is 4.90. The molecule has 21 heavy (non-hydrogen) atoms. The molecule has 1 nitrogen and oxygen atoms in total. The number of rotatable bonds is 6. The summed E-state index contributed by atoms with van der Waals surface area (Å²) in [5.41, 5.74) is 5.41. The first-order chi connectivity index (χ1) is 10.1. The van der Waals surface area contributed by atoms with E-state index in [2.05, 4.69) is 75.5 Å². The molecule has 0 bridgehead atoms. The lowest BCUT2D eigenvalue weighted by Crippen LogP contribution is -2.23. The standard InChI is InChI=1S/C19H25NS/c1-5-20-19(17-10-15(3)9-16(4)11-17)13-21-18-8-6-7-14(2)12-18/h6-12,19-20H,5,13H2,1-4H3. The summed E-state index contributed by atoms with van der Waals surface area (Å²) in [6, 6.07) is 16.0. The number of nitrogens with one attached hydrogen (secondary N) is 1. The van der Waals surface area contributed by atoms with Gasteiger partial charge >= 0.3 is 0 Å². The zero-order chi connectivity index (χ0) is 15.2. The maximum atomic E-state index is 3.62. The van der Waals surface area contributed by atoms with Crippen molar-refractivity contribution in [3.8, 4) is 0 Å². The Balaban J connectivity index is 2.11. The van der Waals surface area contributed by atoms with Crippen molar-refractivity contribution in [3.63, 3.8) is 0 Å². The molecule has 0 aliphatic carbocycles. The quantitative estimate of drug-likeness (QED) is 0.749. The smallest absolute Gasteiger partial charge is 0.0415 e. The molecular weight excluding hydrogens is 274 g/mol. The van der Waals surface area contributed by atoms with Crippen LogP contribution in [-0.4, -0.2) is 12.3 Å². The molecule has 1 unspecified atom stereocenters. The van der Waals surface area contributed by atoms with Gasteiger partial charge in [0, 0.05) is 16.7 Å². The molecule has 0 radical (unpaired) electrons. The number of aryl methyl sites for hydroxylation is 3. The Labute approximate surface area is 133 Å². The van der Waals surface area contributed by atoms with Crippen LogP contribution in [0.15, 0.2) is 47.4 Å². The summed E-state index contributed by atoms with van der Waals surface area (Å²) in [5, 5.41) is 3.62. The van der Waals surface area contributed by atoms with Crippen LogP contribution >= 0.6 is 11.8 Å². The lowest BCUT2D eigenvalue weighted by Gasteiger charge is -2.19. The zero-order valence-corrected chi connectivity index (χ0v) is 14.3. The van der Waals surface area contributed by atoms with Crippen molar-refractivity contribution in [2.24, 2.45) is 0 Å². The van der Waals surface area contributed by atoms with Gasteiger partial charge in [-0.15, -0.1) is 11.8 Å². The Hall–Kier alpha value is -1.25. The van der Waals surface area contributed by atoms with Crippen molar-refractivity contribution in [2.75, 3.05) is 12.3 Å². The van der Waals surface area contributed by atoms with E-state index in [-0.39, 0.29) is 0 Å². The van der Waals surface area contributed by atoms with Gasteiger partial charge in [-0.25, -0.2) is 0 Å². The second-order valence-electron chi connectivity index (χ2n) is 5.66. The third-order valence-corrected chi connectivity index (χ3v) is 4.59. The number of hydrogen-bond acceptors (Lipinski definition) is 2. The lowest BCUT2D eigenvalue weighted by molar-refractivity contribution is 0.605. The van der Waals surface area contributed by atoms with E-state index in [1.165, 1.54) is 27.1 Å².